The Balaban J connectivity index is 2.48. The van der Waals surface area contributed by atoms with Crippen LogP contribution in [0.1, 0.15) is 31.9 Å². The molecule has 1 atom stereocenters. The van der Waals surface area contributed by atoms with Gasteiger partial charge in [0.2, 0.25) is 21.8 Å². The van der Waals surface area contributed by atoms with Gasteiger partial charge in [0.1, 0.15) is 18.3 Å². The summed E-state index contributed by atoms with van der Waals surface area (Å²) in [5.74, 6) is -0.621. The Morgan fingerprint density at radius 2 is 1.76 bits per heavy atom. The van der Waals surface area contributed by atoms with Crippen molar-refractivity contribution in [2.24, 2.45) is 0 Å². The van der Waals surface area contributed by atoms with Gasteiger partial charge in [-0.15, -0.1) is 0 Å². The zero-order valence-corrected chi connectivity index (χ0v) is 21.9. The number of halogens is 1. The topological polar surface area (TPSA) is 96.0 Å². The van der Waals surface area contributed by atoms with Crippen molar-refractivity contribution in [2.45, 2.75) is 46.3 Å². The van der Waals surface area contributed by atoms with Crippen LogP contribution in [0.5, 0.6) is 5.75 Å². The molecule has 0 heterocycles. The largest absolute Gasteiger partial charge is 0.495 e. The van der Waals surface area contributed by atoms with E-state index < -0.39 is 28.5 Å². The number of sulfonamides is 1. The molecule has 34 heavy (non-hydrogen) atoms. The number of nitrogens with zero attached hydrogens (tertiary/aromatic N) is 2. The minimum Gasteiger partial charge on any atom is -0.495 e. The Kier molecular flexibility index (Phi) is 9.35. The molecule has 0 fully saturated rings. The molecule has 186 valence electrons. The molecule has 2 amide bonds. The van der Waals surface area contributed by atoms with E-state index in [2.05, 4.69) is 5.32 Å². The SMILES string of the molecule is COc1ccc(Cl)cc1N(CC(=O)N(Cc1ccccc1C)C(C)C(=O)NC(C)C)S(C)(=O)=O. The Morgan fingerprint density at radius 3 is 2.32 bits per heavy atom. The standard InChI is InChI=1S/C24H32ClN3O5S/c1-16(2)26-24(30)18(4)27(14-19-10-8-7-9-17(19)3)23(29)15-28(34(6,31)32)21-13-20(25)11-12-22(21)33-5/h7-13,16,18H,14-15H2,1-6H3,(H,26,30). The lowest BCUT2D eigenvalue weighted by molar-refractivity contribution is -0.139. The van der Waals surface area contributed by atoms with Crippen molar-refractivity contribution in [3.63, 3.8) is 0 Å². The molecule has 2 aromatic rings. The Labute approximate surface area is 206 Å². The van der Waals surface area contributed by atoms with E-state index in [4.69, 9.17) is 16.3 Å². The highest BCUT2D eigenvalue weighted by Gasteiger charge is 2.31. The van der Waals surface area contributed by atoms with Crippen molar-refractivity contribution in [1.29, 1.82) is 0 Å². The van der Waals surface area contributed by atoms with Crippen LogP contribution in [-0.2, 0) is 26.2 Å². The number of anilines is 1. The van der Waals surface area contributed by atoms with Gasteiger partial charge in [-0.1, -0.05) is 35.9 Å². The lowest BCUT2D eigenvalue weighted by Gasteiger charge is -2.32. The minimum atomic E-state index is -3.90. The summed E-state index contributed by atoms with van der Waals surface area (Å²) in [7, 11) is -2.49. The van der Waals surface area contributed by atoms with Crippen molar-refractivity contribution < 1.29 is 22.7 Å². The van der Waals surface area contributed by atoms with Crippen LogP contribution in [-0.4, -0.2) is 57.1 Å². The third kappa shape index (κ3) is 7.11. The maximum absolute atomic E-state index is 13.6. The van der Waals surface area contributed by atoms with Crippen molar-refractivity contribution in [1.82, 2.24) is 10.2 Å². The van der Waals surface area contributed by atoms with Crippen molar-refractivity contribution in [3.8, 4) is 5.75 Å². The molecule has 1 unspecified atom stereocenters. The number of ether oxygens (including phenoxy) is 1. The summed E-state index contributed by atoms with van der Waals surface area (Å²) in [4.78, 5) is 27.8. The smallest absolute Gasteiger partial charge is 0.244 e. The molecular weight excluding hydrogens is 478 g/mol. The Hall–Kier alpha value is -2.78. The lowest BCUT2D eigenvalue weighted by atomic mass is 10.1. The van der Waals surface area contributed by atoms with Gasteiger partial charge in [-0.05, 0) is 57.0 Å². The molecule has 8 nitrogen and oxygen atoms in total. The van der Waals surface area contributed by atoms with E-state index in [0.717, 1.165) is 21.7 Å². The van der Waals surface area contributed by atoms with Crippen molar-refractivity contribution >= 4 is 39.1 Å². The third-order valence-electron chi connectivity index (χ3n) is 5.29. The first-order valence-electron chi connectivity index (χ1n) is 10.8. The number of amides is 2. The molecule has 0 spiro atoms. The van der Waals surface area contributed by atoms with Crippen LogP contribution in [0.25, 0.3) is 0 Å². The predicted octanol–water partition coefficient (Wildman–Crippen LogP) is 3.36. The van der Waals surface area contributed by atoms with Gasteiger partial charge in [-0.2, -0.15) is 0 Å². The molecule has 2 aromatic carbocycles. The number of carbonyl (C=O) groups is 2. The first kappa shape index (κ1) is 27.5. The van der Waals surface area contributed by atoms with E-state index >= 15 is 0 Å². The number of hydrogen-bond donors (Lipinski definition) is 1. The normalized spacial score (nSPS) is 12.2. The second kappa shape index (κ2) is 11.6. The summed E-state index contributed by atoms with van der Waals surface area (Å²) in [6.45, 7) is 6.81. The molecule has 2 rings (SSSR count). The van der Waals surface area contributed by atoms with Crippen LogP contribution in [0, 0.1) is 6.92 Å². The molecule has 0 saturated heterocycles. The quantitative estimate of drug-likeness (QED) is 0.529. The lowest BCUT2D eigenvalue weighted by Crippen LogP contribution is -2.52. The summed E-state index contributed by atoms with van der Waals surface area (Å²) in [6, 6.07) is 11.1. The fraction of sp³-hybridized carbons (Fsp3) is 0.417. The van der Waals surface area contributed by atoms with Crippen LogP contribution in [0.4, 0.5) is 5.69 Å². The highest BCUT2D eigenvalue weighted by atomic mass is 35.5. The molecule has 0 bridgehead atoms. The Morgan fingerprint density at radius 1 is 1.12 bits per heavy atom. The van der Waals surface area contributed by atoms with E-state index in [1.54, 1.807) is 13.0 Å². The van der Waals surface area contributed by atoms with Crippen LogP contribution in [0.15, 0.2) is 42.5 Å². The number of rotatable bonds is 10. The number of aryl methyl sites for hydroxylation is 1. The van der Waals surface area contributed by atoms with Gasteiger partial charge in [0.25, 0.3) is 0 Å². The molecule has 0 saturated carbocycles. The van der Waals surface area contributed by atoms with E-state index in [1.807, 2.05) is 45.0 Å². The average Bonchev–Trinajstić information content (AvgIpc) is 2.75. The van der Waals surface area contributed by atoms with Gasteiger partial charge in [0, 0.05) is 17.6 Å². The van der Waals surface area contributed by atoms with E-state index in [-0.39, 0.29) is 29.9 Å². The van der Waals surface area contributed by atoms with E-state index in [1.165, 1.54) is 24.1 Å². The second-order valence-electron chi connectivity index (χ2n) is 8.37. The number of carbonyl (C=O) groups excluding carboxylic acids is 2. The summed E-state index contributed by atoms with van der Waals surface area (Å²) in [5, 5.41) is 3.11. The number of benzene rings is 2. The van der Waals surface area contributed by atoms with E-state index in [9.17, 15) is 18.0 Å². The van der Waals surface area contributed by atoms with Gasteiger partial charge in [0.15, 0.2) is 0 Å². The minimum absolute atomic E-state index is 0.117. The third-order valence-corrected chi connectivity index (χ3v) is 6.65. The molecule has 0 aromatic heterocycles. The summed E-state index contributed by atoms with van der Waals surface area (Å²) >= 11 is 6.11. The van der Waals surface area contributed by atoms with Gasteiger partial charge in [-0.25, -0.2) is 8.42 Å². The zero-order chi connectivity index (χ0) is 25.6. The molecule has 0 aliphatic carbocycles. The monoisotopic (exact) mass is 509 g/mol. The Bertz CT molecular complexity index is 1140. The van der Waals surface area contributed by atoms with Crippen LogP contribution >= 0.6 is 11.6 Å². The molecule has 0 aliphatic rings. The molecule has 0 radical (unpaired) electrons. The van der Waals surface area contributed by atoms with Gasteiger partial charge < -0.3 is 15.0 Å². The number of methoxy groups -OCH3 is 1. The van der Waals surface area contributed by atoms with Crippen LogP contribution < -0.4 is 14.4 Å². The molecular formula is C24H32ClN3O5S. The fourth-order valence-corrected chi connectivity index (χ4v) is 4.42. The number of hydrogen-bond acceptors (Lipinski definition) is 5. The summed E-state index contributed by atoms with van der Waals surface area (Å²) in [6.07, 6.45) is 1.00. The fourth-order valence-electron chi connectivity index (χ4n) is 3.41. The zero-order valence-electron chi connectivity index (χ0n) is 20.3. The van der Waals surface area contributed by atoms with E-state index in [0.29, 0.717) is 5.02 Å². The average molecular weight is 510 g/mol. The highest BCUT2D eigenvalue weighted by Crippen LogP contribution is 2.33. The van der Waals surface area contributed by atoms with Crippen LogP contribution in [0.3, 0.4) is 0 Å². The van der Waals surface area contributed by atoms with Gasteiger partial charge in [0.05, 0.1) is 19.1 Å². The highest BCUT2D eigenvalue weighted by molar-refractivity contribution is 7.92. The summed E-state index contributed by atoms with van der Waals surface area (Å²) < 4.78 is 31.7. The predicted molar refractivity (Wildman–Crippen MR) is 135 cm³/mol. The summed E-state index contributed by atoms with van der Waals surface area (Å²) in [5.41, 5.74) is 1.94. The maximum Gasteiger partial charge on any atom is 0.244 e. The van der Waals surface area contributed by atoms with Crippen molar-refractivity contribution in [3.05, 3.63) is 58.6 Å². The second-order valence-corrected chi connectivity index (χ2v) is 10.7. The first-order chi connectivity index (χ1) is 15.8. The maximum atomic E-state index is 13.6. The van der Waals surface area contributed by atoms with Crippen molar-refractivity contribution in [2.75, 3.05) is 24.2 Å². The van der Waals surface area contributed by atoms with Gasteiger partial charge >= 0.3 is 0 Å². The first-order valence-corrected chi connectivity index (χ1v) is 13.0. The molecule has 1 N–H and O–H groups in total. The van der Waals surface area contributed by atoms with Gasteiger partial charge in [-0.3, -0.25) is 13.9 Å². The molecule has 10 heteroatoms. The number of nitrogens with one attached hydrogen (secondary N) is 1. The van der Waals surface area contributed by atoms with Crippen LogP contribution in [0.2, 0.25) is 5.02 Å². The molecule has 0 aliphatic heterocycles.